The highest BCUT2D eigenvalue weighted by atomic mass is 32.2. The van der Waals surface area contributed by atoms with Crippen molar-refractivity contribution in [1.82, 2.24) is 0 Å². The lowest BCUT2D eigenvalue weighted by atomic mass is 9.68. The fourth-order valence-corrected chi connectivity index (χ4v) is 5.41. The zero-order valence-corrected chi connectivity index (χ0v) is 16.3. The molecule has 1 aliphatic heterocycles. The Kier molecular flexibility index (Phi) is 6.00. The van der Waals surface area contributed by atoms with Gasteiger partial charge in [-0.25, -0.2) is 0 Å². The summed E-state index contributed by atoms with van der Waals surface area (Å²) in [4.78, 5) is 11.9. The molecule has 0 aliphatic carbocycles. The van der Waals surface area contributed by atoms with Gasteiger partial charge in [0.05, 0.1) is 0 Å². The minimum Gasteiger partial charge on any atom is -0.508 e. The molecule has 144 valence electrons. The van der Waals surface area contributed by atoms with Gasteiger partial charge >= 0.3 is 5.97 Å². The molecule has 0 radical (unpaired) electrons. The van der Waals surface area contributed by atoms with E-state index in [1.807, 2.05) is 24.3 Å². The molecule has 27 heavy (non-hydrogen) atoms. The highest BCUT2D eigenvalue weighted by Gasteiger charge is 2.41. The molecule has 1 heterocycles. The van der Waals surface area contributed by atoms with Gasteiger partial charge in [-0.15, -0.1) is 11.8 Å². The maximum absolute atomic E-state index is 10.7. The first kappa shape index (κ1) is 19.6. The number of aromatic hydroxyl groups is 2. The first-order valence-electron chi connectivity index (χ1n) is 9.37. The highest BCUT2D eigenvalue weighted by molar-refractivity contribution is 7.99. The van der Waals surface area contributed by atoms with Crippen LogP contribution in [-0.2, 0) is 10.2 Å². The van der Waals surface area contributed by atoms with Gasteiger partial charge in [0.2, 0.25) is 0 Å². The predicted octanol–water partition coefficient (Wildman–Crippen LogP) is 5.28. The van der Waals surface area contributed by atoms with E-state index in [1.165, 1.54) is 11.1 Å². The number of fused-ring (bicyclic) bond motifs is 1. The molecule has 0 amide bonds. The second kappa shape index (κ2) is 8.26. The van der Waals surface area contributed by atoms with Gasteiger partial charge in [0.25, 0.3) is 0 Å². The number of aliphatic carboxylic acids is 1. The van der Waals surface area contributed by atoms with E-state index < -0.39 is 5.97 Å². The SMILES string of the molecule is C[C@]1(c2ccc(O)cc2)CSc2cc(O)ccc2[C@H]1CCCCCC(=O)O. The molecule has 4 nitrogen and oxygen atoms in total. The van der Waals surface area contributed by atoms with Crippen LogP contribution in [0.5, 0.6) is 11.5 Å². The minimum atomic E-state index is -0.737. The van der Waals surface area contributed by atoms with Crippen LogP contribution in [0.3, 0.4) is 0 Å². The van der Waals surface area contributed by atoms with Crippen molar-refractivity contribution in [2.75, 3.05) is 5.75 Å². The van der Waals surface area contributed by atoms with Gasteiger partial charge in [0.15, 0.2) is 0 Å². The number of hydrogen-bond acceptors (Lipinski definition) is 4. The van der Waals surface area contributed by atoms with E-state index in [-0.39, 0.29) is 29.3 Å². The van der Waals surface area contributed by atoms with Crippen molar-refractivity contribution in [1.29, 1.82) is 0 Å². The van der Waals surface area contributed by atoms with Crippen LogP contribution in [-0.4, -0.2) is 27.0 Å². The summed E-state index contributed by atoms with van der Waals surface area (Å²) >= 11 is 1.76. The van der Waals surface area contributed by atoms with Gasteiger partial charge in [-0.05, 0) is 54.2 Å². The number of hydrogen-bond donors (Lipinski definition) is 3. The van der Waals surface area contributed by atoms with Crippen molar-refractivity contribution in [2.45, 2.75) is 55.3 Å². The smallest absolute Gasteiger partial charge is 0.303 e. The highest BCUT2D eigenvalue weighted by Crippen LogP contribution is 2.52. The van der Waals surface area contributed by atoms with Crippen LogP contribution in [0.4, 0.5) is 0 Å². The molecule has 2 atom stereocenters. The average Bonchev–Trinajstić information content (AvgIpc) is 2.63. The molecule has 2 aromatic carbocycles. The summed E-state index contributed by atoms with van der Waals surface area (Å²) in [7, 11) is 0. The third-order valence-corrected chi connectivity index (χ3v) is 6.99. The molecule has 0 saturated heterocycles. The van der Waals surface area contributed by atoms with E-state index in [0.717, 1.165) is 29.9 Å². The Morgan fingerprint density at radius 2 is 1.78 bits per heavy atom. The summed E-state index contributed by atoms with van der Waals surface area (Å²) in [6.45, 7) is 2.27. The summed E-state index contributed by atoms with van der Waals surface area (Å²) in [5.74, 6) is 0.993. The first-order valence-corrected chi connectivity index (χ1v) is 10.4. The second-order valence-electron chi connectivity index (χ2n) is 7.52. The molecular formula is C22H26O4S. The maximum atomic E-state index is 10.7. The lowest BCUT2D eigenvalue weighted by Gasteiger charge is -2.43. The summed E-state index contributed by atoms with van der Waals surface area (Å²) in [5.41, 5.74) is 2.36. The van der Waals surface area contributed by atoms with E-state index in [2.05, 4.69) is 6.92 Å². The molecule has 0 spiro atoms. The van der Waals surface area contributed by atoms with E-state index in [4.69, 9.17) is 5.11 Å². The number of phenols is 2. The fourth-order valence-electron chi connectivity index (χ4n) is 4.01. The number of phenolic OH excluding ortho intramolecular Hbond substituents is 2. The largest absolute Gasteiger partial charge is 0.508 e. The van der Waals surface area contributed by atoms with Gasteiger partial charge < -0.3 is 15.3 Å². The van der Waals surface area contributed by atoms with Crippen LogP contribution < -0.4 is 0 Å². The number of carboxylic acids is 1. The summed E-state index contributed by atoms with van der Waals surface area (Å²) in [5, 5.41) is 28.3. The zero-order chi connectivity index (χ0) is 19.4. The summed E-state index contributed by atoms with van der Waals surface area (Å²) in [6.07, 6.45) is 3.76. The first-order chi connectivity index (χ1) is 12.9. The van der Waals surface area contributed by atoms with Crippen LogP contribution in [0, 0.1) is 0 Å². The van der Waals surface area contributed by atoms with Crippen molar-refractivity contribution >= 4 is 17.7 Å². The quantitative estimate of drug-likeness (QED) is 0.564. The normalized spacial score (nSPS) is 21.6. The number of unbranched alkanes of at least 4 members (excludes halogenated alkanes) is 2. The van der Waals surface area contributed by atoms with Crippen LogP contribution in [0.1, 0.15) is 56.1 Å². The van der Waals surface area contributed by atoms with Gasteiger partial charge in [0.1, 0.15) is 11.5 Å². The lowest BCUT2D eigenvalue weighted by Crippen LogP contribution is -2.36. The minimum absolute atomic E-state index is 0.0882. The summed E-state index contributed by atoms with van der Waals surface area (Å²) < 4.78 is 0. The van der Waals surface area contributed by atoms with E-state index in [1.54, 1.807) is 30.0 Å². The second-order valence-corrected chi connectivity index (χ2v) is 8.54. The number of thioether (sulfide) groups is 1. The fraction of sp³-hybridized carbons (Fsp3) is 0.409. The molecule has 2 aromatic rings. The Labute approximate surface area is 164 Å². The number of benzene rings is 2. The van der Waals surface area contributed by atoms with Gasteiger partial charge in [-0.1, -0.05) is 38.0 Å². The number of carbonyl (C=O) groups is 1. The Hall–Kier alpha value is -2.14. The molecule has 0 aromatic heterocycles. The average molecular weight is 387 g/mol. The molecule has 5 heteroatoms. The molecule has 3 N–H and O–H groups in total. The Bertz CT molecular complexity index is 802. The molecule has 0 unspecified atom stereocenters. The molecule has 0 bridgehead atoms. The third kappa shape index (κ3) is 4.41. The van der Waals surface area contributed by atoms with Crippen molar-refractivity contribution in [2.24, 2.45) is 0 Å². The van der Waals surface area contributed by atoms with Crippen molar-refractivity contribution in [3.63, 3.8) is 0 Å². The van der Waals surface area contributed by atoms with E-state index >= 15 is 0 Å². The Balaban J connectivity index is 1.86. The van der Waals surface area contributed by atoms with Crippen LogP contribution >= 0.6 is 11.8 Å². The van der Waals surface area contributed by atoms with Crippen LogP contribution in [0.2, 0.25) is 0 Å². The van der Waals surface area contributed by atoms with Crippen molar-refractivity contribution < 1.29 is 20.1 Å². The zero-order valence-electron chi connectivity index (χ0n) is 15.5. The molecule has 0 fully saturated rings. The third-order valence-electron chi connectivity index (χ3n) is 5.58. The monoisotopic (exact) mass is 386 g/mol. The van der Waals surface area contributed by atoms with Gasteiger partial charge in [0, 0.05) is 22.5 Å². The van der Waals surface area contributed by atoms with Crippen LogP contribution in [0.15, 0.2) is 47.4 Å². The Morgan fingerprint density at radius 3 is 2.48 bits per heavy atom. The lowest BCUT2D eigenvalue weighted by molar-refractivity contribution is -0.137. The van der Waals surface area contributed by atoms with Crippen LogP contribution in [0.25, 0.3) is 0 Å². The molecule has 1 aliphatic rings. The number of rotatable bonds is 7. The van der Waals surface area contributed by atoms with Gasteiger partial charge in [-0.2, -0.15) is 0 Å². The molecule has 0 saturated carbocycles. The van der Waals surface area contributed by atoms with Crippen molar-refractivity contribution in [3.8, 4) is 11.5 Å². The Morgan fingerprint density at radius 1 is 1.07 bits per heavy atom. The molecular weight excluding hydrogens is 360 g/mol. The van der Waals surface area contributed by atoms with E-state index in [0.29, 0.717) is 6.42 Å². The molecule has 3 rings (SSSR count). The standard InChI is InChI=1S/C22H26O4S/c1-22(15-7-9-16(23)10-8-15)14-27-20-13-17(24)11-12-18(20)19(22)5-3-2-4-6-21(25)26/h7-13,19,23-24H,2-6,14H2,1H3,(H,25,26)/t19-,22-/m1/s1. The predicted molar refractivity (Wildman–Crippen MR) is 108 cm³/mol. The topological polar surface area (TPSA) is 77.8 Å². The van der Waals surface area contributed by atoms with E-state index in [9.17, 15) is 15.0 Å². The summed E-state index contributed by atoms with van der Waals surface area (Å²) in [6, 6.07) is 13.1. The van der Waals surface area contributed by atoms with Gasteiger partial charge in [-0.3, -0.25) is 4.79 Å². The van der Waals surface area contributed by atoms with Crippen molar-refractivity contribution in [3.05, 3.63) is 53.6 Å². The maximum Gasteiger partial charge on any atom is 0.303 e. The number of carboxylic acid groups (broad SMARTS) is 1.